The molecular formula is C12H17NO2. The predicted molar refractivity (Wildman–Crippen MR) is 58.5 cm³/mol. The van der Waals surface area contributed by atoms with E-state index in [0.29, 0.717) is 13.2 Å². The zero-order chi connectivity index (χ0) is 10.5. The first kappa shape index (κ1) is 10.6. The summed E-state index contributed by atoms with van der Waals surface area (Å²) in [4.78, 5) is 5.12. The lowest BCUT2D eigenvalue weighted by molar-refractivity contribution is -0.0149. The van der Waals surface area contributed by atoms with E-state index >= 15 is 0 Å². The molecule has 0 spiro atoms. The molecule has 1 aliphatic rings. The van der Waals surface area contributed by atoms with Crippen molar-refractivity contribution in [1.29, 1.82) is 0 Å². The Morgan fingerprint density at radius 2 is 2.33 bits per heavy atom. The third kappa shape index (κ3) is 2.56. The van der Waals surface area contributed by atoms with Crippen LogP contribution in [0.3, 0.4) is 0 Å². The minimum atomic E-state index is 0.126. The van der Waals surface area contributed by atoms with Crippen molar-refractivity contribution in [2.45, 2.75) is 19.4 Å². The summed E-state index contributed by atoms with van der Waals surface area (Å²) in [6.07, 6.45) is 1.14. The van der Waals surface area contributed by atoms with Crippen molar-refractivity contribution in [3.05, 3.63) is 35.4 Å². The van der Waals surface area contributed by atoms with Crippen LogP contribution in [0.2, 0.25) is 0 Å². The summed E-state index contributed by atoms with van der Waals surface area (Å²) in [5.74, 6) is 0. The molecule has 82 valence electrons. The van der Waals surface area contributed by atoms with Gasteiger partial charge in [-0.05, 0) is 24.5 Å². The molecule has 1 aromatic rings. The molecule has 1 unspecified atom stereocenters. The Kier molecular flexibility index (Phi) is 3.72. The monoisotopic (exact) mass is 207 g/mol. The lowest BCUT2D eigenvalue weighted by Crippen LogP contribution is -2.27. The first-order chi connectivity index (χ1) is 7.42. The summed E-state index contributed by atoms with van der Waals surface area (Å²) in [6.45, 7) is 4.15. The second kappa shape index (κ2) is 5.26. The summed E-state index contributed by atoms with van der Waals surface area (Å²) < 4.78 is 5.71. The van der Waals surface area contributed by atoms with Crippen molar-refractivity contribution in [1.82, 2.24) is 5.48 Å². The van der Waals surface area contributed by atoms with Gasteiger partial charge in [-0.2, -0.15) is 5.48 Å². The SMILES string of the molecule is CCONCC1OCCc2ccccc21. The standard InChI is InChI=1S/C12H17NO2/c1-2-15-13-9-12-11-6-4-3-5-10(11)7-8-14-12/h3-6,12-13H,2,7-9H2,1H3. The molecule has 3 heteroatoms. The van der Waals surface area contributed by atoms with Crippen molar-refractivity contribution >= 4 is 0 Å². The van der Waals surface area contributed by atoms with Gasteiger partial charge in [0.05, 0.1) is 25.9 Å². The summed E-state index contributed by atoms with van der Waals surface area (Å²) in [7, 11) is 0. The fraction of sp³-hybridized carbons (Fsp3) is 0.500. The fourth-order valence-electron chi connectivity index (χ4n) is 1.88. The molecule has 2 rings (SSSR count). The van der Waals surface area contributed by atoms with Crippen LogP contribution in [-0.2, 0) is 16.0 Å². The van der Waals surface area contributed by atoms with E-state index in [9.17, 15) is 0 Å². The zero-order valence-corrected chi connectivity index (χ0v) is 9.03. The predicted octanol–water partition coefficient (Wildman–Crippen LogP) is 1.84. The number of fused-ring (bicyclic) bond motifs is 1. The molecule has 1 atom stereocenters. The van der Waals surface area contributed by atoms with Gasteiger partial charge in [0.2, 0.25) is 0 Å². The van der Waals surface area contributed by atoms with E-state index in [2.05, 4.69) is 29.7 Å². The third-order valence-corrected chi connectivity index (χ3v) is 2.61. The highest BCUT2D eigenvalue weighted by molar-refractivity contribution is 5.31. The Labute approximate surface area is 90.3 Å². The number of benzene rings is 1. The molecule has 1 N–H and O–H groups in total. The number of nitrogens with one attached hydrogen (secondary N) is 1. The van der Waals surface area contributed by atoms with E-state index in [4.69, 9.17) is 9.57 Å². The van der Waals surface area contributed by atoms with Crippen LogP contribution in [0.4, 0.5) is 0 Å². The summed E-state index contributed by atoms with van der Waals surface area (Å²) in [5, 5.41) is 0. The van der Waals surface area contributed by atoms with Gasteiger partial charge in [0.25, 0.3) is 0 Å². The van der Waals surface area contributed by atoms with E-state index in [1.165, 1.54) is 11.1 Å². The topological polar surface area (TPSA) is 30.5 Å². The lowest BCUT2D eigenvalue weighted by atomic mass is 9.98. The third-order valence-electron chi connectivity index (χ3n) is 2.61. The maximum atomic E-state index is 5.71. The normalized spacial score (nSPS) is 19.9. The highest BCUT2D eigenvalue weighted by atomic mass is 16.6. The van der Waals surface area contributed by atoms with Gasteiger partial charge in [-0.25, -0.2) is 0 Å². The maximum absolute atomic E-state index is 5.71. The Morgan fingerprint density at radius 1 is 1.47 bits per heavy atom. The smallest absolute Gasteiger partial charge is 0.0975 e. The van der Waals surface area contributed by atoms with Crippen LogP contribution < -0.4 is 5.48 Å². The number of hydrogen-bond donors (Lipinski definition) is 1. The van der Waals surface area contributed by atoms with Crippen LogP contribution in [-0.4, -0.2) is 19.8 Å². The van der Waals surface area contributed by atoms with Crippen molar-refractivity contribution in [2.75, 3.05) is 19.8 Å². The van der Waals surface area contributed by atoms with Crippen molar-refractivity contribution in [2.24, 2.45) is 0 Å². The van der Waals surface area contributed by atoms with Crippen molar-refractivity contribution in [3.63, 3.8) is 0 Å². The summed E-state index contributed by atoms with van der Waals surface area (Å²) in [5.41, 5.74) is 5.60. The minimum Gasteiger partial charge on any atom is -0.372 e. The van der Waals surface area contributed by atoms with Crippen molar-refractivity contribution in [3.8, 4) is 0 Å². The molecule has 0 radical (unpaired) electrons. The van der Waals surface area contributed by atoms with E-state index in [1.807, 2.05) is 6.92 Å². The zero-order valence-electron chi connectivity index (χ0n) is 9.03. The minimum absolute atomic E-state index is 0.126. The largest absolute Gasteiger partial charge is 0.372 e. The molecule has 1 aromatic carbocycles. The summed E-state index contributed by atoms with van der Waals surface area (Å²) in [6, 6.07) is 8.44. The van der Waals surface area contributed by atoms with E-state index in [0.717, 1.165) is 13.0 Å². The van der Waals surface area contributed by atoms with Crippen LogP contribution >= 0.6 is 0 Å². The average molecular weight is 207 g/mol. The van der Waals surface area contributed by atoms with Crippen LogP contribution in [0.5, 0.6) is 0 Å². The van der Waals surface area contributed by atoms with Gasteiger partial charge >= 0.3 is 0 Å². The van der Waals surface area contributed by atoms with Gasteiger partial charge in [-0.1, -0.05) is 24.3 Å². The Bertz CT molecular complexity index is 314. The highest BCUT2D eigenvalue weighted by Gasteiger charge is 2.19. The molecule has 15 heavy (non-hydrogen) atoms. The molecule has 1 aliphatic heterocycles. The van der Waals surface area contributed by atoms with Gasteiger partial charge < -0.3 is 9.57 Å². The quantitative estimate of drug-likeness (QED) is 0.603. The van der Waals surface area contributed by atoms with E-state index in [1.54, 1.807) is 0 Å². The Balaban J connectivity index is 2.02. The van der Waals surface area contributed by atoms with E-state index < -0.39 is 0 Å². The van der Waals surface area contributed by atoms with Crippen LogP contribution in [0.25, 0.3) is 0 Å². The average Bonchev–Trinajstić information content (AvgIpc) is 2.30. The van der Waals surface area contributed by atoms with Gasteiger partial charge in [0.15, 0.2) is 0 Å². The van der Waals surface area contributed by atoms with Crippen LogP contribution in [0.15, 0.2) is 24.3 Å². The second-order valence-corrected chi connectivity index (χ2v) is 3.59. The Morgan fingerprint density at radius 3 is 3.20 bits per heavy atom. The number of hydrogen-bond acceptors (Lipinski definition) is 3. The lowest BCUT2D eigenvalue weighted by Gasteiger charge is -2.25. The number of rotatable bonds is 4. The van der Waals surface area contributed by atoms with Crippen LogP contribution in [0.1, 0.15) is 24.2 Å². The number of ether oxygens (including phenoxy) is 1. The van der Waals surface area contributed by atoms with Crippen molar-refractivity contribution < 1.29 is 9.57 Å². The first-order valence-corrected chi connectivity index (χ1v) is 5.46. The van der Waals surface area contributed by atoms with Gasteiger partial charge in [0.1, 0.15) is 0 Å². The molecule has 3 nitrogen and oxygen atoms in total. The summed E-state index contributed by atoms with van der Waals surface area (Å²) >= 11 is 0. The molecule has 0 amide bonds. The van der Waals surface area contributed by atoms with Gasteiger partial charge in [-0.15, -0.1) is 0 Å². The Hall–Kier alpha value is -0.900. The van der Waals surface area contributed by atoms with Gasteiger partial charge in [-0.3, -0.25) is 0 Å². The van der Waals surface area contributed by atoms with Gasteiger partial charge in [0, 0.05) is 0 Å². The second-order valence-electron chi connectivity index (χ2n) is 3.59. The molecule has 0 bridgehead atoms. The molecule has 0 fully saturated rings. The van der Waals surface area contributed by atoms with Crippen LogP contribution in [0, 0.1) is 0 Å². The molecule has 0 saturated carbocycles. The molecular weight excluding hydrogens is 190 g/mol. The highest BCUT2D eigenvalue weighted by Crippen LogP contribution is 2.25. The molecule has 0 aliphatic carbocycles. The maximum Gasteiger partial charge on any atom is 0.0975 e. The first-order valence-electron chi connectivity index (χ1n) is 5.46. The number of hydroxylamine groups is 1. The van der Waals surface area contributed by atoms with E-state index in [-0.39, 0.29) is 6.10 Å². The molecule has 0 aromatic heterocycles. The molecule has 1 heterocycles. The fourth-order valence-corrected chi connectivity index (χ4v) is 1.88. The molecule has 0 saturated heterocycles.